The highest BCUT2D eigenvalue weighted by Gasteiger charge is 2.31. The summed E-state index contributed by atoms with van der Waals surface area (Å²) in [5, 5.41) is 0. The van der Waals surface area contributed by atoms with E-state index in [1.54, 1.807) is 0 Å². The monoisotopic (exact) mass is 319 g/mol. The van der Waals surface area contributed by atoms with Gasteiger partial charge in [0.1, 0.15) is 11.4 Å². The first kappa shape index (κ1) is 17.6. The first-order chi connectivity index (χ1) is 10.8. The Kier molecular flexibility index (Phi) is 5.50. The lowest BCUT2D eigenvalue weighted by Gasteiger charge is -2.38. The van der Waals surface area contributed by atoms with Gasteiger partial charge in [0.2, 0.25) is 0 Å². The van der Waals surface area contributed by atoms with E-state index in [0.717, 1.165) is 43.7 Å². The number of anilines is 1. The van der Waals surface area contributed by atoms with Crippen LogP contribution in [0.25, 0.3) is 0 Å². The van der Waals surface area contributed by atoms with Gasteiger partial charge in [0.05, 0.1) is 6.04 Å². The highest BCUT2D eigenvalue weighted by Crippen LogP contribution is 2.22. The Hall–Kier alpha value is -1.78. The Morgan fingerprint density at radius 1 is 1.39 bits per heavy atom. The maximum atomic E-state index is 12.5. The van der Waals surface area contributed by atoms with E-state index < -0.39 is 5.60 Å². The van der Waals surface area contributed by atoms with Gasteiger partial charge in [-0.25, -0.2) is 9.78 Å². The third-order valence-electron chi connectivity index (χ3n) is 4.03. The van der Waals surface area contributed by atoms with E-state index in [2.05, 4.69) is 16.0 Å². The summed E-state index contributed by atoms with van der Waals surface area (Å²) < 4.78 is 5.56. The maximum absolute atomic E-state index is 12.5. The van der Waals surface area contributed by atoms with Crippen molar-refractivity contribution < 1.29 is 9.53 Å². The zero-order valence-electron chi connectivity index (χ0n) is 15.0. The Bertz CT molecular complexity index is 522. The number of piperidine rings is 1. The number of rotatable bonds is 3. The molecule has 2 heterocycles. The normalized spacial score (nSPS) is 18.7. The minimum atomic E-state index is -0.455. The lowest BCUT2D eigenvalue weighted by molar-refractivity contribution is 0.0108. The van der Waals surface area contributed by atoms with Gasteiger partial charge in [0, 0.05) is 26.3 Å². The minimum absolute atomic E-state index is 0.173. The van der Waals surface area contributed by atoms with Crippen LogP contribution >= 0.6 is 0 Å². The largest absolute Gasteiger partial charge is 0.444 e. The van der Waals surface area contributed by atoms with Gasteiger partial charge in [-0.2, -0.15) is 0 Å². The van der Waals surface area contributed by atoms with Crippen molar-refractivity contribution in [2.45, 2.75) is 58.6 Å². The quantitative estimate of drug-likeness (QED) is 0.853. The molecule has 0 radical (unpaired) electrons. The molecule has 1 aromatic heterocycles. The van der Waals surface area contributed by atoms with Crippen LogP contribution in [0.2, 0.25) is 0 Å². The number of amides is 1. The van der Waals surface area contributed by atoms with E-state index in [-0.39, 0.29) is 12.1 Å². The standard InChI is InChI=1S/C18H29N3O2/c1-14-9-10-16(19-12-14)20(5)13-15-8-6-7-11-21(15)17(22)23-18(2,3)4/h9-10,12,15H,6-8,11,13H2,1-5H3/t15-/m1/s1. The molecule has 0 aliphatic carbocycles. The Morgan fingerprint density at radius 2 is 2.13 bits per heavy atom. The summed E-state index contributed by atoms with van der Waals surface area (Å²) in [6.07, 6.45) is 4.88. The number of carbonyl (C=O) groups excluding carboxylic acids is 1. The molecule has 0 unspecified atom stereocenters. The molecule has 1 aliphatic rings. The van der Waals surface area contributed by atoms with E-state index in [4.69, 9.17) is 4.74 Å². The highest BCUT2D eigenvalue weighted by molar-refractivity contribution is 5.68. The van der Waals surface area contributed by atoms with Gasteiger partial charge < -0.3 is 14.5 Å². The van der Waals surface area contributed by atoms with Gasteiger partial charge in [-0.1, -0.05) is 6.07 Å². The van der Waals surface area contributed by atoms with Crippen molar-refractivity contribution in [1.29, 1.82) is 0 Å². The number of aryl methyl sites for hydroxylation is 1. The second kappa shape index (κ2) is 7.20. The molecule has 0 aromatic carbocycles. The van der Waals surface area contributed by atoms with Crippen LogP contribution in [0.15, 0.2) is 18.3 Å². The van der Waals surface area contributed by atoms with Gasteiger partial charge in [0.25, 0.3) is 0 Å². The summed E-state index contributed by atoms with van der Waals surface area (Å²) in [6, 6.07) is 4.26. The Labute approximate surface area is 139 Å². The van der Waals surface area contributed by atoms with Gasteiger partial charge in [-0.15, -0.1) is 0 Å². The number of likely N-dealkylation sites (tertiary alicyclic amines) is 1. The molecule has 1 saturated heterocycles. The molecular weight excluding hydrogens is 290 g/mol. The number of hydrogen-bond acceptors (Lipinski definition) is 4. The molecule has 1 amide bonds. The number of carbonyl (C=O) groups is 1. The van der Waals surface area contributed by atoms with Crippen LogP contribution in [0.4, 0.5) is 10.6 Å². The van der Waals surface area contributed by atoms with Crippen LogP contribution in [-0.2, 0) is 4.74 Å². The van der Waals surface area contributed by atoms with Crippen LogP contribution in [0, 0.1) is 6.92 Å². The number of ether oxygens (including phenoxy) is 1. The molecule has 1 atom stereocenters. The van der Waals surface area contributed by atoms with Crippen molar-refractivity contribution in [2.75, 3.05) is 25.0 Å². The van der Waals surface area contributed by atoms with Crippen molar-refractivity contribution in [3.05, 3.63) is 23.9 Å². The second-order valence-electron chi connectivity index (χ2n) is 7.40. The molecular formula is C18H29N3O2. The Balaban J connectivity index is 2.03. The predicted molar refractivity (Wildman–Crippen MR) is 92.8 cm³/mol. The predicted octanol–water partition coefficient (Wildman–Crippen LogP) is 3.62. The van der Waals surface area contributed by atoms with Gasteiger partial charge in [-0.05, 0) is 58.6 Å². The third kappa shape index (κ3) is 5.12. The van der Waals surface area contributed by atoms with Crippen LogP contribution in [0.5, 0.6) is 0 Å². The molecule has 0 saturated carbocycles. The summed E-state index contributed by atoms with van der Waals surface area (Å²) in [7, 11) is 2.03. The summed E-state index contributed by atoms with van der Waals surface area (Å²) in [5.41, 5.74) is 0.693. The van der Waals surface area contributed by atoms with Crippen molar-refractivity contribution in [3.8, 4) is 0 Å². The van der Waals surface area contributed by atoms with Crippen molar-refractivity contribution in [3.63, 3.8) is 0 Å². The minimum Gasteiger partial charge on any atom is -0.444 e. The lowest BCUT2D eigenvalue weighted by atomic mass is 10.0. The van der Waals surface area contributed by atoms with E-state index in [9.17, 15) is 4.79 Å². The summed E-state index contributed by atoms with van der Waals surface area (Å²) in [5.74, 6) is 0.935. The molecule has 23 heavy (non-hydrogen) atoms. The number of likely N-dealkylation sites (N-methyl/N-ethyl adjacent to an activating group) is 1. The lowest BCUT2D eigenvalue weighted by Crippen LogP contribution is -2.50. The molecule has 128 valence electrons. The zero-order valence-corrected chi connectivity index (χ0v) is 15.0. The Morgan fingerprint density at radius 3 is 2.74 bits per heavy atom. The molecule has 1 aromatic rings. The fourth-order valence-corrected chi connectivity index (χ4v) is 2.85. The molecule has 1 aliphatic heterocycles. The van der Waals surface area contributed by atoms with Crippen LogP contribution in [0.1, 0.15) is 45.6 Å². The summed E-state index contributed by atoms with van der Waals surface area (Å²) in [4.78, 5) is 20.9. The third-order valence-corrected chi connectivity index (χ3v) is 4.03. The average molecular weight is 319 g/mol. The topological polar surface area (TPSA) is 45.7 Å². The fraction of sp³-hybridized carbons (Fsp3) is 0.667. The van der Waals surface area contributed by atoms with Crippen LogP contribution in [0.3, 0.4) is 0 Å². The SMILES string of the molecule is Cc1ccc(N(C)C[C@H]2CCCCN2C(=O)OC(C)(C)C)nc1. The van der Waals surface area contributed by atoms with Gasteiger partial charge >= 0.3 is 6.09 Å². The van der Waals surface area contributed by atoms with E-state index in [1.807, 2.05) is 51.9 Å². The van der Waals surface area contributed by atoms with E-state index in [0.29, 0.717) is 0 Å². The first-order valence-corrected chi connectivity index (χ1v) is 8.40. The molecule has 1 fully saturated rings. The fourth-order valence-electron chi connectivity index (χ4n) is 2.85. The molecule has 5 heteroatoms. The number of nitrogens with zero attached hydrogens (tertiary/aromatic N) is 3. The second-order valence-corrected chi connectivity index (χ2v) is 7.40. The molecule has 0 spiro atoms. The summed E-state index contributed by atoms with van der Waals surface area (Å²) >= 11 is 0. The van der Waals surface area contributed by atoms with Gasteiger partial charge in [0.15, 0.2) is 0 Å². The van der Waals surface area contributed by atoms with E-state index >= 15 is 0 Å². The molecule has 0 N–H and O–H groups in total. The molecule has 2 rings (SSSR count). The van der Waals surface area contributed by atoms with Crippen molar-refractivity contribution in [2.24, 2.45) is 0 Å². The molecule has 0 bridgehead atoms. The van der Waals surface area contributed by atoms with Crippen LogP contribution in [-0.4, -0.2) is 47.8 Å². The van der Waals surface area contributed by atoms with Crippen molar-refractivity contribution >= 4 is 11.9 Å². The smallest absolute Gasteiger partial charge is 0.410 e. The van der Waals surface area contributed by atoms with Crippen molar-refractivity contribution in [1.82, 2.24) is 9.88 Å². The summed E-state index contributed by atoms with van der Waals surface area (Å²) in [6.45, 7) is 9.30. The number of aromatic nitrogens is 1. The zero-order chi connectivity index (χ0) is 17.0. The average Bonchev–Trinajstić information content (AvgIpc) is 2.46. The number of hydrogen-bond donors (Lipinski definition) is 0. The molecule has 5 nitrogen and oxygen atoms in total. The maximum Gasteiger partial charge on any atom is 0.410 e. The first-order valence-electron chi connectivity index (χ1n) is 8.40. The van der Waals surface area contributed by atoms with Crippen LogP contribution < -0.4 is 4.90 Å². The van der Waals surface area contributed by atoms with Gasteiger partial charge in [-0.3, -0.25) is 0 Å². The highest BCUT2D eigenvalue weighted by atomic mass is 16.6. The number of pyridine rings is 1. The van der Waals surface area contributed by atoms with E-state index in [1.165, 1.54) is 0 Å².